The second-order valence-electron chi connectivity index (χ2n) is 3.72. The molecular weight excluding hydrogens is 557 g/mol. The zero-order chi connectivity index (χ0) is 23.7. The van der Waals surface area contributed by atoms with Gasteiger partial charge in [0.25, 0.3) is 0 Å². The number of amidine groups is 3. The van der Waals surface area contributed by atoms with E-state index in [2.05, 4.69) is 15.0 Å². The summed E-state index contributed by atoms with van der Waals surface area (Å²) in [6.45, 7) is 1.29. The van der Waals surface area contributed by atoms with Crippen LogP contribution < -0.4 is 0 Å². The molecule has 0 aromatic carbocycles. The van der Waals surface area contributed by atoms with Gasteiger partial charge in [0.05, 0.1) is 0 Å². The first-order valence-electron chi connectivity index (χ1n) is 6.04. The van der Waals surface area contributed by atoms with Gasteiger partial charge in [0, 0.05) is 26.3 Å². The van der Waals surface area contributed by atoms with Crippen LogP contribution in [-0.4, -0.2) is 61.3 Å². The average Bonchev–Trinajstić information content (AvgIpc) is 2.33. The second-order valence-corrected chi connectivity index (χ2v) is 4.53. The first kappa shape index (κ1) is 37.9. The number of rotatable bonds is 0. The van der Waals surface area contributed by atoms with Gasteiger partial charge in [0.15, 0.2) is 0 Å². The Morgan fingerprint density at radius 3 is 1.21 bits per heavy atom. The van der Waals surface area contributed by atoms with Crippen molar-refractivity contribution in [3.63, 3.8) is 0 Å². The van der Waals surface area contributed by atoms with Crippen LogP contribution in [0.1, 0.15) is 27.7 Å². The Morgan fingerprint density at radius 2 is 1.00 bits per heavy atom. The van der Waals surface area contributed by atoms with Crippen LogP contribution in [0.25, 0.3) is 5.41 Å². The standard InChI is InChI=1S/C9H12F3N4.CHF3.2O3S.Pd/c1-5(9(10,11)12)14-7(3)16-8(4)15-6(2)13;2-1(3)4;2*1-4(2)3;/h1-4H3;1H;;;/q-1;;;;. The van der Waals surface area contributed by atoms with Crippen LogP contribution in [0.15, 0.2) is 15.0 Å². The van der Waals surface area contributed by atoms with Crippen molar-refractivity contribution in [1.29, 1.82) is 0 Å². The molecule has 0 aliphatic heterocycles. The maximum atomic E-state index is 12.1. The Labute approximate surface area is 177 Å². The predicted molar refractivity (Wildman–Crippen MR) is 85.9 cm³/mol. The molecule has 0 unspecified atom stereocenters. The molecule has 174 valence electrons. The average molecular weight is 570 g/mol. The van der Waals surface area contributed by atoms with E-state index in [0.717, 1.165) is 6.92 Å². The third-order valence-corrected chi connectivity index (χ3v) is 1.39. The van der Waals surface area contributed by atoms with E-state index in [1.165, 1.54) is 20.8 Å². The Bertz CT molecular complexity index is 748. The Kier molecular flexibility index (Phi) is 27.3. The molecule has 0 fully saturated rings. The maximum Gasteiger partial charge on any atom is 0.429 e. The zero-order valence-electron chi connectivity index (χ0n) is 14.7. The van der Waals surface area contributed by atoms with Crippen LogP contribution in [0, 0.1) is 0 Å². The molecule has 0 aromatic rings. The van der Waals surface area contributed by atoms with Gasteiger partial charge in [0.2, 0.25) is 0 Å². The largest absolute Gasteiger partial charge is 0.469 e. The van der Waals surface area contributed by atoms with E-state index in [4.69, 9.17) is 30.7 Å². The minimum Gasteiger partial charge on any atom is -0.469 e. The van der Waals surface area contributed by atoms with Crippen molar-refractivity contribution >= 4 is 44.4 Å². The summed E-state index contributed by atoms with van der Waals surface area (Å²) in [5.74, 6) is -0.154. The summed E-state index contributed by atoms with van der Waals surface area (Å²) in [5.41, 5.74) is -0.980. The van der Waals surface area contributed by atoms with Gasteiger partial charge >= 0.3 is 34.1 Å². The molecule has 19 heteroatoms. The van der Waals surface area contributed by atoms with Crippen LogP contribution in [0.5, 0.6) is 0 Å². The second kappa shape index (κ2) is 20.9. The van der Waals surface area contributed by atoms with Gasteiger partial charge in [-0.2, -0.15) is 26.3 Å². The fraction of sp³-hybridized carbons (Fsp3) is 0.600. The van der Waals surface area contributed by atoms with E-state index in [0.29, 0.717) is 0 Å². The number of halogens is 6. The van der Waals surface area contributed by atoms with E-state index in [-0.39, 0.29) is 37.9 Å². The normalized spacial score (nSPS) is 11.3. The molecule has 0 atom stereocenters. The summed E-state index contributed by atoms with van der Waals surface area (Å²) >= 11 is 0. The first-order chi connectivity index (χ1) is 12.3. The molecule has 0 heterocycles. The molecule has 0 aliphatic carbocycles. The minimum absolute atomic E-state index is 0. The molecule has 0 rings (SSSR count). The van der Waals surface area contributed by atoms with Crippen molar-refractivity contribution in [3.05, 3.63) is 5.41 Å². The van der Waals surface area contributed by atoms with Crippen molar-refractivity contribution in [2.75, 3.05) is 0 Å². The molecule has 0 aliphatic rings. The van der Waals surface area contributed by atoms with Crippen molar-refractivity contribution in [2.24, 2.45) is 15.0 Å². The smallest absolute Gasteiger partial charge is 0.429 e. The fourth-order valence-corrected chi connectivity index (χ4v) is 0.824. The maximum absolute atomic E-state index is 12.1. The number of hydrogen-bond donors (Lipinski definition) is 0. The van der Waals surface area contributed by atoms with E-state index >= 15 is 0 Å². The van der Waals surface area contributed by atoms with Crippen LogP contribution >= 0.6 is 0 Å². The van der Waals surface area contributed by atoms with Crippen LogP contribution in [0.2, 0.25) is 0 Å². The first-order valence-corrected chi connectivity index (χ1v) is 8.04. The van der Waals surface area contributed by atoms with Crippen LogP contribution in [-0.2, 0) is 41.6 Å². The molecule has 0 aromatic heterocycles. The van der Waals surface area contributed by atoms with Crippen molar-refractivity contribution in [3.8, 4) is 0 Å². The third-order valence-electron chi connectivity index (χ3n) is 1.39. The van der Waals surface area contributed by atoms with E-state index < -0.39 is 39.8 Å². The van der Waals surface area contributed by atoms with Gasteiger partial charge in [0.1, 0.15) is 11.5 Å². The quantitative estimate of drug-likeness (QED) is 0.188. The van der Waals surface area contributed by atoms with Crippen molar-refractivity contribution < 1.29 is 72.0 Å². The van der Waals surface area contributed by atoms with Gasteiger partial charge in [-0.05, 0) is 27.7 Å². The monoisotopic (exact) mass is 569 g/mol. The minimum atomic E-state index is -4.46. The number of alkyl halides is 6. The van der Waals surface area contributed by atoms with E-state index in [1.807, 2.05) is 0 Å². The summed E-state index contributed by atoms with van der Waals surface area (Å²) < 4.78 is 116. The van der Waals surface area contributed by atoms with Gasteiger partial charge < -0.3 is 10.4 Å². The van der Waals surface area contributed by atoms with Gasteiger partial charge in [-0.15, -0.1) is 25.3 Å². The summed E-state index contributed by atoms with van der Waals surface area (Å²) in [7, 11) is -6.22. The molecule has 10 nitrogen and oxygen atoms in total. The predicted octanol–water partition coefficient (Wildman–Crippen LogP) is 2.00. The molecular formula is C10H13F6N4O6PdS2-. The molecule has 0 bridgehead atoms. The molecule has 0 spiro atoms. The number of aliphatic imine (C=N–C) groups is 3. The number of hydrogen-bond acceptors (Lipinski definition) is 6. The molecule has 0 amide bonds. The van der Waals surface area contributed by atoms with E-state index in [1.54, 1.807) is 0 Å². The third kappa shape index (κ3) is 58.5. The molecule has 0 N–H and O–H groups in total. The van der Waals surface area contributed by atoms with E-state index in [9.17, 15) is 26.3 Å². The Hall–Kier alpha value is -1.84. The summed E-state index contributed by atoms with van der Waals surface area (Å²) in [4.78, 5) is 10.5. The van der Waals surface area contributed by atoms with Gasteiger partial charge in [-0.3, -0.25) is 0 Å². The van der Waals surface area contributed by atoms with Crippen molar-refractivity contribution in [1.82, 2.24) is 0 Å². The topological polar surface area (TPSA) is 162 Å². The molecule has 0 saturated carbocycles. The van der Waals surface area contributed by atoms with Crippen LogP contribution in [0.4, 0.5) is 26.3 Å². The summed E-state index contributed by atoms with van der Waals surface area (Å²) in [5, 5.41) is 8.79. The Balaban J connectivity index is -0.000000121. The molecule has 0 radical (unpaired) electrons. The number of nitrogens with zero attached hydrogens (tertiary/aromatic N) is 4. The SMILES string of the molecule is CC(=[N-])N=C(C)N=C(C)N=C(C)C(F)(F)F.FC(F)F.O=S(=O)=O.O=S(=O)=O.[Pd]. The molecule has 29 heavy (non-hydrogen) atoms. The molecule has 0 saturated heterocycles. The Morgan fingerprint density at radius 1 is 0.759 bits per heavy atom. The van der Waals surface area contributed by atoms with Crippen molar-refractivity contribution in [2.45, 2.75) is 40.6 Å². The van der Waals surface area contributed by atoms with Gasteiger partial charge in [-0.1, -0.05) is 5.84 Å². The summed E-state index contributed by atoms with van der Waals surface area (Å²) in [6, 6.07) is 0. The fourth-order valence-electron chi connectivity index (χ4n) is 0.824. The van der Waals surface area contributed by atoms with Crippen LogP contribution in [0.3, 0.4) is 0 Å². The van der Waals surface area contributed by atoms with Gasteiger partial charge in [-0.25, -0.2) is 9.98 Å². The zero-order valence-corrected chi connectivity index (χ0v) is 17.9. The summed E-state index contributed by atoms with van der Waals surface area (Å²) in [6.07, 6.45) is -4.46.